The van der Waals surface area contributed by atoms with Crippen molar-refractivity contribution in [3.63, 3.8) is 0 Å². The van der Waals surface area contributed by atoms with Crippen LogP contribution in [0.2, 0.25) is 5.02 Å². The molecule has 0 bridgehead atoms. The molecule has 0 saturated carbocycles. The van der Waals surface area contributed by atoms with E-state index in [0.29, 0.717) is 22.5 Å². The Kier molecular flexibility index (Phi) is 5.71. The minimum Gasteiger partial charge on any atom is -0.378 e. The van der Waals surface area contributed by atoms with Gasteiger partial charge in [0.05, 0.1) is 0 Å². The summed E-state index contributed by atoms with van der Waals surface area (Å²) in [5, 5.41) is 0.683. The molecule has 0 aliphatic carbocycles. The van der Waals surface area contributed by atoms with E-state index in [1.54, 1.807) is 18.3 Å². The first kappa shape index (κ1) is 20.3. The van der Waals surface area contributed by atoms with E-state index >= 15 is 0 Å². The molecule has 1 unspecified atom stereocenters. The summed E-state index contributed by atoms with van der Waals surface area (Å²) >= 11 is 6.06. The van der Waals surface area contributed by atoms with Crippen molar-refractivity contribution < 1.29 is 13.2 Å². The number of aromatic amines is 1. The monoisotopic (exact) mass is 422 g/mol. The second-order valence-corrected chi connectivity index (χ2v) is 9.09. The fraction of sp³-hybridized carbons (Fsp3) is 0.316. The van der Waals surface area contributed by atoms with Crippen LogP contribution in [0.25, 0.3) is 10.9 Å². The predicted molar refractivity (Wildman–Crippen MR) is 110 cm³/mol. The minimum absolute atomic E-state index is 0.116. The molecule has 1 aliphatic rings. The molecule has 9 heteroatoms. The van der Waals surface area contributed by atoms with Crippen molar-refractivity contribution in [3.8, 4) is 0 Å². The number of piperidine rings is 1. The molecule has 0 radical (unpaired) electrons. The van der Waals surface area contributed by atoms with Crippen molar-refractivity contribution in [2.75, 3.05) is 19.6 Å². The van der Waals surface area contributed by atoms with Gasteiger partial charge in [0.25, 0.3) is 15.9 Å². The Morgan fingerprint density at radius 1 is 1.43 bits per heavy atom. The van der Waals surface area contributed by atoms with Crippen LogP contribution in [0.15, 0.2) is 48.7 Å². The Bertz CT molecular complexity index is 1030. The maximum Gasteiger partial charge on any atom is 0.266 e. The normalized spacial score (nSPS) is 17.5. The number of nitrogens with two attached hydrogens (primary N) is 1. The fourth-order valence-electron chi connectivity index (χ4n) is 3.64. The zero-order valence-corrected chi connectivity index (χ0v) is 17.0. The molecule has 1 fully saturated rings. The smallest absolute Gasteiger partial charge is 0.266 e. The van der Waals surface area contributed by atoms with Gasteiger partial charge in [0.15, 0.2) is 0 Å². The Morgan fingerprint density at radius 3 is 2.82 bits per heavy atom. The largest absolute Gasteiger partial charge is 0.378 e. The summed E-state index contributed by atoms with van der Waals surface area (Å²) in [6.45, 7) is 9.34. The maximum atomic E-state index is 13.4. The second kappa shape index (κ2) is 7.89. The first-order chi connectivity index (χ1) is 13.3. The number of rotatable bonds is 7. The van der Waals surface area contributed by atoms with Crippen LogP contribution >= 0.6 is 11.6 Å². The highest BCUT2D eigenvalue weighted by molar-refractivity contribution is 7.89. The van der Waals surface area contributed by atoms with Gasteiger partial charge >= 0.3 is 0 Å². The minimum atomic E-state index is -4.07. The van der Waals surface area contributed by atoms with Gasteiger partial charge in [-0.1, -0.05) is 24.8 Å². The second-order valence-electron chi connectivity index (χ2n) is 6.83. The van der Waals surface area contributed by atoms with Crippen LogP contribution in [0.3, 0.4) is 0 Å². The van der Waals surface area contributed by atoms with Crippen LogP contribution in [0.4, 0.5) is 0 Å². The lowest BCUT2D eigenvalue weighted by atomic mass is 9.98. The number of halogens is 1. The highest BCUT2D eigenvalue weighted by Crippen LogP contribution is 2.32. The van der Waals surface area contributed by atoms with Crippen molar-refractivity contribution in [2.24, 2.45) is 11.7 Å². The first-order valence-corrected chi connectivity index (χ1v) is 10.7. The van der Waals surface area contributed by atoms with Crippen LogP contribution in [0, 0.1) is 5.92 Å². The van der Waals surface area contributed by atoms with E-state index in [1.807, 2.05) is 0 Å². The van der Waals surface area contributed by atoms with Crippen molar-refractivity contribution in [1.29, 1.82) is 0 Å². The quantitative estimate of drug-likeness (QED) is 0.716. The molecule has 3 N–H and O–H groups in total. The van der Waals surface area contributed by atoms with Gasteiger partial charge < -0.3 is 15.6 Å². The van der Waals surface area contributed by atoms with Crippen LogP contribution in [0.1, 0.15) is 23.3 Å². The Morgan fingerprint density at radius 2 is 2.18 bits per heavy atom. The number of fused-ring (bicyclic) bond motifs is 1. The number of carbonyl (C=O) groups is 1. The van der Waals surface area contributed by atoms with Gasteiger partial charge in [-0.05, 0) is 43.2 Å². The van der Waals surface area contributed by atoms with Gasteiger partial charge in [-0.15, -0.1) is 0 Å². The average molecular weight is 423 g/mol. The van der Waals surface area contributed by atoms with Crippen LogP contribution in [0.5, 0.6) is 0 Å². The molecule has 1 saturated heterocycles. The molecule has 7 nitrogen and oxygen atoms in total. The molecule has 28 heavy (non-hydrogen) atoms. The van der Waals surface area contributed by atoms with Gasteiger partial charge in [-0.2, -0.15) is 0 Å². The summed E-state index contributed by atoms with van der Waals surface area (Å²) in [5.41, 5.74) is 5.75. The third-order valence-corrected chi connectivity index (χ3v) is 7.07. The summed E-state index contributed by atoms with van der Waals surface area (Å²) in [5.74, 6) is -0.740. The lowest BCUT2D eigenvalue weighted by molar-refractivity contribution is 0.0993. The van der Waals surface area contributed by atoms with Gasteiger partial charge in [0.1, 0.15) is 10.6 Å². The number of hydrogen-bond donors (Lipinski definition) is 2. The molecule has 1 aromatic carbocycles. The van der Waals surface area contributed by atoms with E-state index in [1.165, 1.54) is 16.6 Å². The number of sulfonamides is 1. The van der Waals surface area contributed by atoms with E-state index < -0.39 is 15.9 Å². The number of aromatic nitrogens is 1. The van der Waals surface area contributed by atoms with E-state index in [9.17, 15) is 13.2 Å². The molecular weight excluding hydrogens is 400 g/mol. The number of carbonyl (C=O) groups excluding carboxylic acids is 1. The van der Waals surface area contributed by atoms with Gasteiger partial charge in [-0.25, -0.2) is 8.42 Å². The molecule has 2 heterocycles. The van der Waals surface area contributed by atoms with E-state index in [2.05, 4.69) is 23.0 Å². The van der Waals surface area contributed by atoms with Crippen molar-refractivity contribution >= 4 is 38.4 Å². The van der Waals surface area contributed by atoms with E-state index in [-0.39, 0.29) is 23.1 Å². The first-order valence-electron chi connectivity index (χ1n) is 8.90. The molecule has 1 amide bonds. The summed E-state index contributed by atoms with van der Waals surface area (Å²) in [6.07, 6.45) is 4.89. The maximum absolute atomic E-state index is 13.4. The lowest BCUT2D eigenvalue weighted by Crippen LogP contribution is -2.39. The SMILES string of the molecule is C=CN1CCCC(CN(C=C)S(=O)(=O)c2c(C(N)=O)[nH]c3ccc(Cl)cc23)C1. The number of primary amides is 1. The summed E-state index contributed by atoms with van der Waals surface area (Å²) in [6, 6.07) is 4.73. The zero-order valence-electron chi connectivity index (χ0n) is 15.4. The van der Waals surface area contributed by atoms with Crippen molar-refractivity contribution in [1.82, 2.24) is 14.2 Å². The summed E-state index contributed by atoms with van der Waals surface area (Å²) < 4.78 is 28.1. The topological polar surface area (TPSA) is 99.5 Å². The van der Waals surface area contributed by atoms with Gasteiger partial charge in [0.2, 0.25) is 0 Å². The standard InChI is InChI=1S/C19H23ClN4O3S/c1-3-23-9-5-6-13(11-23)12-24(4-2)28(26,27)18-15-10-14(20)7-8-16(15)22-17(18)19(21)25/h3-4,7-8,10,13,22H,1-2,5-6,9,11-12H2,(H2,21,25). The molecule has 1 aliphatic heterocycles. The molecule has 0 spiro atoms. The molecule has 3 rings (SSSR count). The van der Waals surface area contributed by atoms with Gasteiger partial charge in [-0.3, -0.25) is 9.10 Å². The van der Waals surface area contributed by atoms with Gasteiger partial charge in [0, 0.05) is 41.8 Å². The number of H-pyrrole nitrogens is 1. The van der Waals surface area contributed by atoms with Crippen molar-refractivity contribution in [3.05, 3.63) is 54.5 Å². The Balaban J connectivity index is 2.04. The number of nitrogens with zero attached hydrogens (tertiary/aromatic N) is 2. The third-order valence-electron chi connectivity index (χ3n) is 4.98. The molecule has 2 aromatic rings. The average Bonchev–Trinajstić information content (AvgIpc) is 3.05. The predicted octanol–water partition coefficient (Wildman–Crippen LogP) is 2.91. The summed E-state index contributed by atoms with van der Waals surface area (Å²) in [4.78, 5) is 16.6. The Hall–Kier alpha value is -2.45. The molecule has 150 valence electrons. The zero-order chi connectivity index (χ0) is 20.5. The summed E-state index contributed by atoms with van der Waals surface area (Å²) in [7, 11) is -4.07. The van der Waals surface area contributed by atoms with Crippen molar-refractivity contribution in [2.45, 2.75) is 17.7 Å². The lowest BCUT2D eigenvalue weighted by Gasteiger charge is -2.34. The van der Waals surface area contributed by atoms with E-state index in [4.69, 9.17) is 17.3 Å². The van der Waals surface area contributed by atoms with Crippen LogP contribution < -0.4 is 5.73 Å². The molecular formula is C19H23ClN4O3S. The highest BCUT2D eigenvalue weighted by Gasteiger charge is 2.33. The fourth-order valence-corrected chi connectivity index (χ4v) is 5.50. The number of benzene rings is 1. The third kappa shape index (κ3) is 3.74. The van der Waals surface area contributed by atoms with Crippen LogP contribution in [-0.2, 0) is 10.0 Å². The molecule has 1 aromatic heterocycles. The molecule has 1 atom stereocenters. The number of nitrogens with one attached hydrogen (secondary N) is 1. The number of amides is 1. The Labute approximate surface area is 169 Å². The number of likely N-dealkylation sites (tertiary alicyclic amines) is 1. The number of hydrogen-bond acceptors (Lipinski definition) is 4. The van der Waals surface area contributed by atoms with Crippen LogP contribution in [-0.4, -0.2) is 48.1 Å². The highest BCUT2D eigenvalue weighted by atomic mass is 35.5. The van der Waals surface area contributed by atoms with E-state index in [0.717, 1.165) is 19.4 Å².